The van der Waals surface area contributed by atoms with E-state index in [4.69, 9.17) is 16.3 Å². The van der Waals surface area contributed by atoms with E-state index < -0.39 is 10.9 Å². The molecule has 100 valence electrons. The number of methoxy groups -OCH3 is 1. The summed E-state index contributed by atoms with van der Waals surface area (Å²) in [6, 6.07) is 4.07. The summed E-state index contributed by atoms with van der Waals surface area (Å²) in [7, 11) is 1.30. The van der Waals surface area contributed by atoms with Crippen molar-refractivity contribution in [2.45, 2.75) is 0 Å². The Balaban J connectivity index is 3.14. The third-order valence-corrected chi connectivity index (χ3v) is 2.33. The molecule has 7 nitrogen and oxygen atoms in total. The second-order valence-corrected chi connectivity index (χ2v) is 3.57. The summed E-state index contributed by atoms with van der Waals surface area (Å²) in [5, 5.41) is 19.5. The van der Waals surface area contributed by atoms with Crippen LogP contribution in [0, 0.1) is 22.5 Å². The number of benzene rings is 1. The molecule has 0 radical (unpaired) electrons. The molecule has 1 aromatic rings. The van der Waals surface area contributed by atoms with Crippen molar-refractivity contribution in [3.63, 3.8) is 0 Å². The van der Waals surface area contributed by atoms with E-state index in [1.54, 1.807) is 0 Å². The van der Waals surface area contributed by atoms with E-state index in [2.05, 4.69) is 5.92 Å². The van der Waals surface area contributed by atoms with E-state index >= 15 is 0 Å². The van der Waals surface area contributed by atoms with Gasteiger partial charge in [-0.05, 0) is 6.07 Å². The van der Waals surface area contributed by atoms with Crippen LogP contribution in [0.15, 0.2) is 18.2 Å². The lowest BCUT2D eigenvalue weighted by molar-refractivity contribution is -0.385. The Morgan fingerprint density at radius 1 is 1.63 bits per heavy atom. The molecule has 0 saturated carbocycles. The highest BCUT2D eigenvalue weighted by molar-refractivity contribution is 5.74. The smallest absolute Gasteiger partial charge is 0.323 e. The summed E-state index contributed by atoms with van der Waals surface area (Å²) >= 11 is 0. The molecule has 19 heavy (non-hydrogen) atoms. The summed E-state index contributed by atoms with van der Waals surface area (Å²) in [4.78, 5) is 22.3. The van der Waals surface area contributed by atoms with Crippen LogP contribution < -0.4 is 9.64 Å². The van der Waals surface area contributed by atoms with Gasteiger partial charge in [0, 0.05) is 17.8 Å². The van der Waals surface area contributed by atoms with Crippen LogP contribution in [-0.2, 0) is 4.79 Å². The van der Waals surface area contributed by atoms with Gasteiger partial charge in [0.05, 0.1) is 18.6 Å². The van der Waals surface area contributed by atoms with Gasteiger partial charge in [-0.15, -0.1) is 6.42 Å². The monoisotopic (exact) mass is 264 g/mol. The summed E-state index contributed by atoms with van der Waals surface area (Å²) in [5.41, 5.74) is 0.255. The van der Waals surface area contributed by atoms with Crippen LogP contribution in [0.5, 0.6) is 5.75 Å². The normalized spacial score (nSPS) is 9.47. The highest BCUT2D eigenvalue weighted by atomic mass is 16.6. The molecule has 0 amide bonds. The number of aliphatic carboxylic acids is 1. The molecule has 1 rings (SSSR count). The lowest BCUT2D eigenvalue weighted by Gasteiger charge is -2.20. The Hall–Kier alpha value is -2.75. The molecular weight excluding hydrogens is 252 g/mol. The Morgan fingerprint density at radius 2 is 2.32 bits per heavy atom. The highest BCUT2D eigenvalue weighted by Gasteiger charge is 2.18. The molecule has 1 aromatic carbocycles. The van der Waals surface area contributed by atoms with Gasteiger partial charge in [-0.3, -0.25) is 14.9 Å². The number of hydrogen-bond donors (Lipinski definition) is 1. The number of nitro groups is 1. The second-order valence-electron chi connectivity index (χ2n) is 3.57. The van der Waals surface area contributed by atoms with Crippen LogP contribution in [0.4, 0.5) is 11.4 Å². The molecule has 0 bridgehead atoms. The van der Waals surface area contributed by atoms with Gasteiger partial charge in [-0.1, -0.05) is 5.92 Å². The van der Waals surface area contributed by atoms with Gasteiger partial charge in [0.25, 0.3) is 0 Å². The van der Waals surface area contributed by atoms with Gasteiger partial charge < -0.3 is 14.7 Å². The SMILES string of the molecule is C#CCN(CC(=O)O)c1ccc([N+](=O)[O-])c(OC)c1. The molecule has 0 fully saturated rings. The minimum absolute atomic E-state index is 0.0508. The number of carbonyl (C=O) groups is 1. The van der Waals surface area contributed by atoms with Gasteiger partial charge >= 0.3 is 11.7 Å². The first-order valence-electron chi connectivity index (χ1n) is 5.22. The maximum atomic E-state index is 10.8. The van der Waals surface area contributed by atoms with Crippen LogP contribution in [0.2, 0.25) is 0 Å². The number of ether oxygens (including phenoxy) is 1. The van der Waals surface area contributed by atoms with E-state index in [-0.39, 0.29) is 24.5 Å². The molecule has 0 saturated heterocycles. The Kier molecular flexibility index (Phi) is 4.71. The molecule has 0 aliphatic heterocycles. The van der Waals surface area contributed by atoms with Crippen molar-refractivity contribution in [3.8, 4) is 18.1 Å². The average molecular weight is 264 g/mol. The third kappa shape index (κ3) is 3.61. The highest BCUT2D eigenvalue weighted by Crippen LogP contribution is 2.31. The topological polar surface area (TPSA) is 92.9 Å². The first kappa shape index (κ1) is 14.3. The minimum atomic E-state index is -1.05. The van der Waals surface area contributed by atoms with E-state index in [1.807, 2.05) is 0 Å². The van der Waals surface area contributed by atoms with E-state index in [0.29, 0.717) is 5.69 Å². The number of anilines is 1. The molecule has 0 spiro atoms. The molecule has 0 aliphatic carbocycles. The molecular formula is C12H12N2O5. The van der Waals surface area contributed by atoms with Crippen molar-refractivity contribution in [2.24, 2.45) is 0 Å². The lowest BCUT2D eigenvalue weighted by Crippen LogP contribution is -2.29. The van der Waals surface area contributed by atoms with Crippen molar-refractivity contribution in [1.82, 2.24) is 0 Å². The molecule has 0 aromatic heterocycles. The lowest BCUT2D eigenvalue weighted by atomic mass is 10.2. The number of terminal acetylenes is 1. The van der Waals surface area contributed by atoms with E-state index in [1.165, 1.54) is 30.2 Å². The van der Waals surface area contributed by atoms with Crippen molar-refractivity contribution < 1.29 is 19.6 Å². The summed E-state index contributed by atoms with van der Waals surface area (Å²) < 4.78 is 4.91. The van der Waals surface area contributed by atoms with Crippen molar-refractivity contribution in [2.75, 3.05) is 25.1 Å². The number of nitrogens with zero attached hydrogens (tertiary/aromatic N) is 2. The summed E-state index contributed by atoms with van der Waals surface area (Å²) in [6.07, 6.45) is 5.17. The predicted molar refractivity (Wildman–Crippen MR) is 68.3 cm³/mol. The van der Waals surface area contributed by atoms with Crippen molar-refractivity contribution >= 4 is 17.3 Å². The molecule has 0 aliphatic rings. The number of rotatable bonds is 6. The Bertz CT molecular complexity index is 535. The van der Waals surface area contributed by atoms with Gasteiger partial charge in [0.2, 0.25) is 0 Å². The zero-order valence-corrected chi connectivity index (χ0v) is 10.2. The van der Waals surface area contributed by atoms with E-state index in [0.717, 1.165) is 0 Å². The molecule has 0 heterocycles. The molecule has 1 N–H and O–H groups in total. The second kappa shape index (κ2) is 6.26. The fraction of sp³-hybridized carbons (Fsp3) is 0.250. The fourth-order valence-electron chi connectivity index (χ4n) is 1.53. The van der Waals surface area contributed by atoms with Gasteiger partial charge in [0.15, 0.2) is 5.75 Å². The Morgan fingerprint density at radius 3 is 2.79 bits per heavy atom. The zero-order chi connectivity index (χ0) is 14.4. The maximum Gasteiger partial charge on any atom is 0.323 e. The first-order chi connectivity index (χ1) is 8.99. The Labute approximate surface area is 109 Å². The van der Waals surface area contributed by atoms with E-state index in [9.17, 15) is 14.9 Å². The maximum absolute atomic E-state index is 10.8. The number of hydrogen-bond acceptors (Lipinski definition) is 5. The number of carboxylic acids is 1. The van der Waals surface area contributed by atoms with Crippen LogP contribution in [0.25, 0.3) is 0 Å². The quantitative estimate of drug-likeness (QED) is 0.470. The van der Waals surface area contributed by atoms with Crippen LogP contribution >= 0.6 is 0 Å². The van der Waals surface area contributed by atoms with Crippen LogP contribution in [-0.4, -0.2) is 36.2 Å². The zero-order valence-electron chi connectivity index (χ0n) is 10.2. The van der Waals surface area contributed by atoms with Crippen molar-refractivity contribution in [3.05, 3.63) is 28.3 Å². The van der Waals surface area contributed by atoms with Crippen LogP contribution in [0.1, 0.15) is 0 Å². The standard InChI is InChI=1S/C12H12N2O5/c1-3-6-13(8-12(15)16)9-4-5-10(14(17)18)11(7-9)19-2/h1,4-5,7H,6,8H2,2H3,(H,15,16). The summed E-state index contributed by atoms with van der Waals surface area (Å²) in [6.45, 7) is -0.224. The number of nitro benzene ring substituents is 1. The molecule has 7 heteroatoms. The molecule has 0 atom stereocenters. The van der Waals surface area contributed by atoms with Gasteiger partial charge in [0.1, 0.15) is 6.54 Å². The third-order valence-electron chi connectivity index (χ3n) is 2.33. The average Bonchev–Trinajstić information content (AvgIpc) is 2.36. The predicted octanol–water partition coefficient (Wildman–Crippen LogP) is 1.13. The van der Waals surface area contributed by atoms with Gasteiger partial charge in [-0.25, -0.2) is 0 Å². The minimum Gasteiger partial charge on any atom is -0.490 e. The van der Waals surface area contributed by atoms with Crippen molar-refractivity contribution in [1.29, 1.82) is 0 Å². The summed E-state index contributed by atoms with van der Waals surface area (Å²) in [5.74, 6) is 1.34. The molecule has 0 unspecified atom stereocenters. The fourth-order valence-corrected chi connectivity index (χ4v) is 1.53. The van der Waals surface area contributed by atoms with Gasteiger partial charge in [-0.2, -0.15) is 0 Å². The largest absolute Gasteiger partial charge is 0.490 e. The van der Waals surface area contributed by atoms with Crippen LogP contribution in [0.3, 0.4) is 0 Å². The number of carboxylic acid groups (broad SMARTS) is 1. The first-order valence-corrected chi connectivity index (χ1v) is 5.22.